The van der Waals surface area contributed by atoms with E-state index in [-0.39, 0.29) is 6.61 Å². The molecule has 0 amide bonds. The fourth-order valence-electron chi connectivity index (χ4n) is 2.02. The second kappa shape index (κ2) is 7.31. The van der Waals surface area contributed by atoms with Crippen molar-refractivity contribution in [1.82, 2.24) is 19.7 Å². The van der Waals surface area contributed by atoms with Gasteiger partial charge in [0.25, 0.3) is 0 Å². The molecule has 0 aromatic carbocycles. The number of rotatable bonds is 6. The molecule has 6 heteroatoms. The van der Waals surface area contributed by atoms with E-state index in [1.165, 1.54) is 6.33 Å². The summed E-state index contributed by atoms with van der Waals surface area (Å²) in [6, 6.07) is 3.95. The third-order valence-electron chi connectivity index (χ3n) is 3.07. The minimum absolute atomic E-state index is 0.0314. The summed E-state index contributed by atoms with van der Waals surface area (Å²) in [7, 11) is 0. The molecule has 2 aromatic rings. The Morgan fingerprint density at radius 1 is 1.52 bits per heavy atom. The van der Waals surface area contributed by atoms with Gasteiger partial charge in [-0.1, -0.05) is 6.08 Å². The first-order chi connectivity index (χ1) is 10.3. The number of hydrogen-bond acceptors (Lipinski definition) is 5. The summed E-state index contributed by atoms with van der Waals surface area (Å²) in [5.74, 6) is 0. The van der Waals surface area contributed by atoms with Crippen molar-refractivity contribution in [3.05, 3.63) is 36.6 Å². The topological polar surface area (TPSA) is 87.6 Å². The van der Waals surface area contributed by atoms with Gasteiger partial charge in [0, 0.05) is 30.9 Å². The summed E-state index contributed by atoms with van der Waals surface area (Å²) in [6.45, 7) is 2.55. The number of hydrogen-bond donors (Lipinski definition) is 1. The lowest BCUT2D eigenvalue weighted by atomic mass is 10.1. The van der Waals surface area contributed by atoms with E-state index in [0.717, 1.165) is 28.9 Å². The predicted molar refractivity (Wildman–Crippen MR) is 78.8 cm³/mol. The van der Waals surface area contributed by atoms with Gasteiger partial charge in [0.15, 0.2) is 0 Å². The Hall–Kier alpha value is -2.52. The first-order valence-corrected chi connectivity index (χ1v) is 6.75. The number of aliphatic hydroxyl groups excluding tert-OH is 1. The van der Waals surface area contributed by atoms with Crippen LogP contribution in [-0.4, -0.2) is 31.5 Å². The molecule has 0 spiro atoms. The zero-order valence-corrected chi connectivity index (χ0v) is 11.9. The second-order valence-electron chi connectivity index (χ2n) is 4.58. The summed E-state index contributed by atoms with van der Waals surface area (Å²) >= 11 is 0. The van der Waals surface area contributed by atoms with Crippen LogP contribution in [0.15, 0.2) is 30.9 Å². The maximum absolute atomic E-state index is 9.07. The van der Waals surface area contributed by atoms with E-state index in [9.17, 15) is 0 Å². The quantitative estimate of drug-likeness (QED) is 0.820. The van der Waals surface area contributed by atoms with E-state index in [1.807, 2.05) is 23.9 Å². The molecule has 2 aromatic heterocycles. The van der Waals surface area contributed by atoms with Crippen LogP contribution in [0.4, 0.5) is 0 Å². The molecule has 2 rings (SSSR count). The van der Waals surface area contributed by atoms with E-state index in [1.54, 1.807) is 12.3 Å². The molecular formula is C15H17N5O. The predicted octanol–water partition coefficient (Wildman–Crippen LogP) is 2.04. The first kappa shape index (κ1) is 14.9. The van der Waals surface area contributed by atoms with Crippen molar-refractivity contribution in [3.8, 4) is 17.3 Å². The van der Waals surface area contributed by atoms with Crippen LogP contribution in [-0.2, 0) is 6.54 Å². The van der Waals surface area contributed by atoms with E-state index < -0.39 is 0 Å². The molecule has 108 valence electrons. The molecule has 0 bridgehead atoms. The van der Waals surface area contributed by atoms with Crippen molar-refractivity contribution in [2.24, 2.45) is 0 Å². The van der Waals surface area contributed by atoms with Crippen LogP contribution < -0.4 is 0 Å². The van der Waals surface area contributed by atoms with Crippen molar-refractivity contribution in [3.63, 3.8) is 0 Å². The Morgan fingerprint density at radius 2 is 2.38 bits per heavy atom. The molecule has 1 N–H and O–H groups in total. The highest BCUT2D eigenvalue weighted by Crippen LogP contribution is 2.26. The first-order valence-electron chi connectivity index (χ1n) is 6.75. The van der Waals surface area contributed by atoms with Gasteiger partial charge in [0.05, 0.1) is 24.1 Å². The van der Waals surface area contributed by atoms with Crippen molar-refractivity contribution in [2.75, 3.05) is 6.61 Å². The summed E-state index contributed by atoms with van der Waals surface area (Å²) in [5.41, 5.74) is 3.37. The van der Waals surface area contributed by atoms with Gasteiger partial charge in [-0.15, -0.1) is 0 Å². The zero-order chi connectivity index (χ0) is 15.1. The fraction of sp³-hybridized carbons (Fsp3) is 0.333. The highest BCUT2D eigenvalue weighted by Gasteiger charge is 2.13. The molecule has 0 radical (unpaired) electrons. The van der Waals surface area contributed by atoms with E-state index in [4.69, 9.17) is 10.4 Å². The van der Waals surface area contributed by atoms with E-state index >= 15 is 0 Å². The van der Waals surface area contributed by atoms with Gasteiger partial charge in [-0.05, 0) is 25.0 Å². The van der Waals surface area contributed by atoms with Crippen molar-refractivity contribution in [1.29, 1.82) is 5.26 Å². The minimum atomic E-state index is -0.0314. The number of allylic oxidation sites excluding steroid dienone is 1. The normalized spacial score (nSPS) is 11.4. The lowest BCUT2D eigenvalue weighted by molar-refractivity contribution is 0.343. The Labute approximate surface area is 123 Å². The summed E-state index contributed by atoms with van der Waals surface area (Å²) in [5, 5.41) is 22.2. The lowest BCUT2D eigenvalue weighted by Crippen LogP contribution is -1.98. The van der Waals surface area contributed by atoms with Gasteiger partial charge in [0.2, 0.25) is 0 Å². The van der Waals surface area contributed by atoms with Gasteiger partial charge >= 0.3 is 0 Å². The third kappa shape index (κ3) is 3.74. The Morgan fingerprint density at radius 3 is 3.05 bits per heavy atom. The van der Waals surface area contributed by atoms with E-state index in [2.05, 4.69) is 21.1 Å². The maximum Gasteiger partial charge on any atom is 0.116 e. The SMILES string of the molecule is C/C(=C\CO)c1nn(CCCC#N)cc1-c1ccncn1. The van der Waals surface area contributed by atoms with Gasteiger partial charge in [0.1, 0.15) is 6.33 Å². The van der Waals surface area contributed by atoms with Crippen molar-refractivity contribution in [2.45, 2.75) is 26.3 Å². The summed E-state index contributed by atoms with van der Waals surface area (Å²) in [4.78, 5) is 8.18. The average molecular weight is 283 g/mol. The van der Waals surface area contributed by atoms with Crippen LogP contribution in [0.5, 0.6) is 0 Å². The molecule has 0 aliphatic carbocycles. The number of aromatic nitrogens is 4. The molecule has 21 heavy (non-hydrogen) atoms. The van der Waals surface area contributed by atoms with Gasteiger partial charge in [-0.3, -0.25) is 4.68 Å². The van der Waals surface area contributed by atoms with Crippen LogP contribution in [0.3, 0.4) is 0 Å². The molecule has 0 unspecified atom stereocenters. The highest BCUT2D eigenvalue weighted by atomic mass is 16.2. The molecule has 0 saturated heterocycles. The average Bonchev–Trinajstić information content (AvgIpc) is 2.93. The zero-order valence-electron chi connectivity index (χ0n) is 11.9. The monoisotopic (exact) mass is 283 g/mol. The standard InChI is InChI=1S/C15H17N5O/c1-12(5-9-21)15-13(14-4-7-17-11-18-14)10-20(19-15)8-3-2-6-16/h4-5,7,10-11,21H,2-3,8-9H2,1H3/b12-5+. The van der Waals surface area contributed by atoms with Crippen molar-refractivity contribution >= 4 is 5.57 Å². The Balaban J connectivity index is 2.37. The molecule has 2 heterocycles. The van der Waals surface area contributed by atoms with Crippen LogP contribution in [0, 0.1) is 11.3 Å². The second-order valence-corrected chi connectivity index (χ2v) is 4.58. The molecule has 0 atom stereocenters. The number of nitrogens with zero attached hydrogens (tertiary/aromatic N) is 5. The fourth-order valence-corrected chi connectivity index (χ4v) is 2.02. The summed E-state index contributed by atoms with van der Waals surface area (Å²) in [6.07, 6.45) is 8.07. The molecule has 0 aliphatic rings. The lowest BCUT2D eigenvalue weighted by Gasteiger charge is -2.01. The number of aliphatic hydroxyl groups is 1. The molecule has 0 fully saturated rings. The van der Waals surface area contributed by atoms with Crippen molar-refractivity contribution < 1.29 is 5.11 Å². The molecule has 6 nitrogen and oxygen atoms in total. The molecular weight excluding hydrogens is 266 g/mol. The van der Waals surface area contributed by atoms with Gasteiger partial charge < -0.3 is 5.11 Å². The Bertz CT molecular complexity index is 654. The highest BCUT2D eigenvalue weighted by molar-refractivity contribution is 5.76. The number of unbranched alkanes of at least 4 members (excludes halogenated alkanes) is 1. The van der Waals surface area contributed by atoms with Gasteiger partial charge in [-0.2, -0.15) is 10.4 Å². The number of nitriles is 1. The van der Waals surface area contributed by atoms with Crippen LogP contribution in [0.25, 0.3) is 16.8 Å². The smallest absolute Gasteiger partial charge is 0.116 e. The summed E-state index contributed by atoms with van der Waals surface area (Å²) < 4.78 is 1.82. The number of aryl methyl sites for hydroxylation is 1. The van der Waals surface area contributed by atoms with Crippen LogP contribution in [0.1, 0.15) is 25.5 Å². The minimum Gasteiger partial charge on any atom is -0.392 e. The molecule has 0 aliphatic heterocycles. The Kier molecular flexibility index (Phi) is 5.18. The van der Waals surface area contributed by atoms with Gasteiger partial charge in [-0.25, -0.2) is 9.97 Å². The van der Waals surface area contributed by atoms with Crippen LogP contribution >= 0.6 is 0 Å². The van der Waals surface area contributed by atoms with E-state index in [0.29, 0.717) is 13.0 Å². The maximum atomic E-state index is 9.07. The third-order valence-corrected chi connectivity index (χ3v) is 3.07. The largest absolute Gasteiger partial charge is 0.392 e. The van der Waals surface area contributed by atoms with Crippen LogP contribution in [0.2, 0.25) is 0 Å². The molecule has 0 saturated carbocycles.